The van der Waals surface area contributed by atoms with Crippen LogP contribution in [-0.2, 0) is 14.8 Å². The fourth-order valence-electron chi connectivity index (χ4n) is 0.987. The molecule has 0 unspecified atom stereocenters. The Morgan fingerprint density at radius 2 is 1.62 bits per heavy atom. The zero-order valence-corrected chi connectivity index (χ0v) is 9.27. The molecule has 0 aliphatic rings. The van der Waals surface area contributed by atoms with Gasteiger partial charge in [-0.2, -0.15) is 14.8 Å². The van der Waals surface area contributed by atoms with Crippen LogP contribution in [0.3, 0.4) is 0 Å². The molecule has 0 aliphatic carbocycles. The summed E-state index contributed by atoms with van der Waals surface area (Å²) in [6.45, 7) is -0.179. The highest BCUT2D eigenvalue weighted by Crippen LogP contribution is 2.04. The lowest BCUT2D eigenvalue weighted by Gasteiger charge is -2.18. The van der Waals surface area contributed by atoms with Gasteiger partial charge in [0, 0.05) is 25.9 Å². The third-order valence-corrected chi connectivity index (χ3v) is 3.41. The van der Waals surface area contributed by atoms with E-state index in [0.717, 1.165) is 4.31 Å². The van der Waals surface area contributed by atoms with Gasteiger partial charge in [-0.05, 0) is 0 Å². The van der Waals surface area contributed by atoms with Crippen LogP contribution < -0.4 is 0 Å². The van der Waals surface area contributed by atoms with Gasteiger partial charge >= 0.3 is 5.97 Å². The summed E-state index contributed by atoms with van der Waals surface area (Å²) < 4.78 is 23.8. The molecule has 0 aliphatic heterocycles. The largest absolute Gasteiger partial charge is 0.480 e. The third-order valence-electron chi connectivity index (χ3n) is 1.65. The molecule has 0 atom stereocenters. The Kier molecular flexibility index (Phi) is 6.08. The van der Waals surface area contributed by atoms with Crippen molar-refractivity contribution in [3.63, 3.8) is 0 Å². The molecule has 0 aromatic heterocycles. The highest BCUT2D eigenvalue weighted by Gasteiger charge is 2.24. The van der Waals surface area contributed by atoms with E-state index in [-0.39, 0.29) is 25.9 Å². The van der Waals surface area contributed by atoms with E-state index < -0.39 is 21.7 Å². The zero-order chi connectivity index (χ0) is 12.6. The van der Waals surface area contributed by atoms with Crippen LogP contribution in [0.1, 0.15) is 12.8 Å². The first-order valence-corrected chi connectivity index (χ1v) is 5.98. The minimum Gasteiger partial charge on any atom is -0.480 e. The summed E-state index contributed by atoms with van der Waals surface area (Å²) >= 11 is 0. The number of nitrogens with zero attached hydrogens (tertiary/aromatic N) is 3. The first-order valence-electron chi connectivity index (χ1n) is 4.37. The van der Waals surface area contributed by atoms with Crippen molar-refractivity contribution >= 4 is 16.0 Å². The van der Waals surface area contributed by atoms with Crippen LogP contribution >= 0.6 is 0 Å². The van der Waals surface area contributed by atoms with Gasteiger partial charge in [-0.1, -0.05) is 0 Å². The molecule has 0 radical (unpaired) electrons. The molecule has 0 spiro atoms. The summed E-state index contributed by atoms with van der Waals surface area (Å²) in [5.41, 5.74) is 0. The molecule has 0 aromatic carbocycles. The molecule has 1 N–H and O–H groups in total. The van der Waals surface area contributed by atoms with Gasteiger partial charge in [-0.15, -0.1) is 0 Å². The van der Waals surface area contributed by atoms with E-state index in [0.29, 0.717) is 0 Å². The van der Waals surface area contributed by atoms with Crippen molar-refractivity contribution < 1.29 is 18.3 Å². The zero-order valence-electron chi connectivity index (χ0n) is 8.46. The summed E-state index contributed by atoms with van der Waals surface area (Å²) in [5, 5.41) is 25.1. The number of carboxylic acids is 1. The van der Waals surface area contributed by atoms with Crippen molar-refractivity contribution in [2.24, 2.45) is 0 Å². The lowest BCUT2D eigenvalue weighted by atomic mass is 10.4. The van der Waals surface area contributed by atoms with Gasteiger partial charge in [0.05, 0.1) is 12.1 Å². The second kappa shape index (κ2) is 6.77. The summed E-state index contributed by atoms with van der Waals surface area (Å²) in [6.07, 6.45) is -0.0748. The molecule has 0 heterocycles. The highest BCUT2D eigenvalue weighted by molar-refractivity contribution is 7.89. The van der Waals surface area contributed by atoms with Gasteiger partial charge in [-0.25, -0.2) is 8.42 Å². The Morgan fingerprint density at radius 3 is 1.94 bits per heavy atom. The molecule has 0 saturated heterocycles. The molecule has 0 bridgehead atoms. The van der Waals surface area contributed by atoms with E-state index in [4.69, 9.17) is 15.6 Å². The van der Waals surface area contributed by atoms with Crippen LogP contribution in [0.5, 0.6) is 0 Å². The monoisotopic (exact) mass is 245 g/mol. The lowest BCUT2D eigenvalue weighted by Crippen LogP contribution is -2.36. The average Bonchev–Trinajstić information content (AvgIpc) is 2.15. The second-order valence-electron chi connectivity index (χ2n) is 2.87. The summed E-state index contributed by atoms with van der Waals surface area (Å²) in [6, 6.07) is 3.53. The van der Waals surface area contributed by atoms with E-state index in [9.17, 15) is 13.2 Å². The molecule has 8 heteroatoms. The highest BCUT2D eigenvalue weighted by atomic mass is 32.2. The quantitative estimate of drug-likeness (QED) is 0.646. The summed E-state index contributed by atoms with van der Waals surface area (Å²) in [4.78, 5) is 10.3. The number of carboxylic acid groups (broad SMARTS) is 1. The van der Waals surface area contributed by atoms with Gasteiger partial charge < -0.3 is 5.11 Å². The summed E-state index contributed by atoms with van der Waals surface area (Å²) in [7, 11) is -3.93. The molecule has 0 aromatic rings. The Labute approximate surface area is 93.6 Å². The Balaban J connectivity index is 4.67. The van der Waals surface area contributed by atoms with E-state index in [1.807, 2.05) is 0 Å². The van der Waals surface area contributed by atoms with Crippen molar-refractivity contribution in [3.8, 4) is 12.1 Å². The molecule has 16 heavy (non-hydrogen) atoms. The first-order chi connectivity index (χ1) is 7.44. The van der Waals surface area contributed by atoms with Gasteiger partial charge in [0.1, 0.15) is 0 Å². The van der Waals surface area contributed by atoms with E-state index in [1.54, 1.807) is 12.1 Å². The van der Waals surface area contributed by atoms with Crippen LogP contribution in [0.2, 0.25) is 0 Å². The minimum absolute atomic E-state index is 0.0374. The van der Waals surface area contributed by atoms with Crippen molar-refractivity contribution in [1.82, 2.24) is 4.31 Å². The molecule has 0 amide bonds. The fraction of sp³-hybridized carbons (Fsp3) is 0.625. The van der Waals surface area contributed by atoms with E-state index >= 15 is 0 Å². The number of sulfonamides is 1. The third kappa shape index (κ3) is 5.29. The molecule has 7 nitrogen and oxygen atoms in total. The maximum atomic E-state index is 11.5. The number of carbonyl (C=O) groups is 1. The molecular formula is C8H11N3O4S. The number of aliphatic carboxylic acids is 1. The van der Waals surface area contributed by atoms with Crippen molar-refractivity contribution in [2.45, 2.75) is 12.8 Å². The van der Waals surface area contributed by atoms with Crippen LogP contribution in [0.4, 0.5) is 0 Å². The number of hydrogen-bond donors (Lipinski definition) is 1. The SMILES string of the molecule is N#CCCN(CCC#N)S(=O)(=O)CC(=O)O. The first kappa shape index (κ1) is 14.4. The van der Waals surface area contributed by atoms with Crippen LogP contribution in [0, 0.1) is 22.7 Å². The van der Waals surface area contributed by atoms with Gasteiger partial charge in [0.15, 0.2) is 5.75 Å². The minimum atomic E-state index is -3.93. The summed E-state index contributed by atoms with van der Waals surface area (Å²) in [5.74, 6) is -2.48. The Hall–Kier alpha value is -1.64. The molecule has 0 fully saturated rings. The van der Waals surface area contributed by atoms with E-state index in [1.165, 1.54) is 0 Å². The molecular weight excluding hydrogens is 234 g/mol. The van der Waals surface area contributed by atoms with Gasteiger partial charge in [-0.3, -0.25) is 4.79 Å². The fourth-order valence-corrected chi connectivity index (χ4v) is 2.22. The van der Waals surface area contributed by atoms with Crippen molar-refractivity contribution in [2.75, 3.05) is 18.8 Å². The predicted octanol–water partition coefficient (Wildman–Crippen LogP) is -0.470. The maximum absolute atomic E-state index is 11.5. The Morgan fingerprint density at radius 1 is 1.19 bits per heavy atom. The Bertz CT molecular complexity index is 400. The topological polar surface area (TPSA) is 122 Å². The van der Waals surface area contributed by atoms with Crippen LogP contribution in [-0.4, -0.2) is 42.6 Å². The van der Waals surface area contributed by atoms with Gasteiger partial charge in [0.2, 0.25) is 10.0 Å². The predicted molar refractivity (Wildman–Crippen MR) is 53.5 cm³/mol. The number of nitriles is 2. The van der Waals surface area contributed by atoms with Crippen LogP contribution in [0.25, 0.3) is 0 Å². The maximum Gasteiger partial charge on any atom is 0.320 e. The number of rotatable bonds is 7. The molecule has 0 saturated carbocycles. The van der Waals surface area contributed by atoms with Gasteiger partial charge in [0.25, 0.3) is 0 Å². The second-order valence-corrected chi connectivity index (χ2v) is 4.83. The standard InChI is InChI=1S/C8H11N3O4S/c9-3-1-5-11(6-2-4-10)16(14,15)7-8(12)13/h1-2,5-7H2,(H,12,13). The average molecular weight is 245 g/mol. The van der Waals surface area contributed by atoms with Crippen molar-refractivity contribution in [3.05, 3.63) is 0 Å². The van der Waals surface area contributed by atoms with E-state index in [2.05, 4.69) is 0 Å². The molecule has 0 rings (SSSR count). The van der Waals surface area contributed by atoms with Crippen LogP contribution in [0.15, 0.2) is 0 Å². The lowest BCUT2D eigenvalue weighted by molar-refractivity contribution is -0.134. The normalized spacial score (nSPS) is 10.7. The smallest absolute Gasteiger partial charge is 0.320 e. The van der Waals surface area contributed by atoms with Crippen molar-refractivity contribution in [1.29, 1.82) is 10.5 Å². The molecule has 88 valence electrons. The number of hydrogen-bond acceptors (Lipinski definition) is 5.